The second-order valence-corrected chi connectivity index (χ2v) is 5.46. The van der Waals surface area contributed by atoms with Gasteiger partial charge in [0.1, 0.15) is 11.5 Å². The largest absolute Gasteiger partial charge is 0.497 e. The van der Waals surface area contributed by atoms with Gasteiger partial charge in [-0.05, 0) is 23.3 Å². The molecule has 1 aliphatic rings. The molecule has 5 nitrogen and oxygen atoms in total. The van der Waals surface area contributed by atoms with Crippen molar-refractivity contribution in [2.75, 3.05) is 20.8 Å². The van der Waals surface area contributed by atoms with Gasteiger partial charge in [0.2, 0.25) is 0 Å². The Morgan fingerprint density at radius 2 is 1.83 bits per heavy atom. The van der Waals surface area contributed by atoms with E-state index in [0.717, 1.165) is 12.1 Å². The highest BCUT2D eigenvalue weighted by molar-refractivity contribution is 5.95. The molecule has 2 aromatic carbocycles. The minimum Gasteiger partial charge on any atom is -0.497 e. The fraction of sp³-hybridized carbons (Fsp3) is 0.278. The molecule has 2 N–H and O–H groups in total. The summed E-state index contributed by atoms with van der Waals surface area (Å²) in [5.74, 6) is 1.04. The van der Waals surface area contributed by atoms with Crippen LogP contribution in [-0.4, -0.2) is 26.7 Å². The van der Waals surface area contributed by atoms with Crippen molar-refractivity contribution in [1.82, 2.24) is 10.6 Å². The normalized spacial score (nSPS) is 16.3. The van der Waals surface area contributed by atoms with Crippen LogP contribution in [0.1, 0.15) is 27.5 Å². The average Bonchev–Trinajstić information content (AvgIpc) is 2.61. The van der Waals surface area contributed by atoms with Gasteiger partial charge in [-0.15, -0.1) is 0 Å². The second kappa shape index (κ2) is 6.71. The van der Waals surface area contributed by atoms with E-state index in [1.165, 1.54) is 5.56 Å². The van der Waals surface area contributed by atoms with E-state index < -0.39 is 0 Å². The van der Waals surface area contributed by atoms with Gasteiger partial charge >= 0.3 is 0 Å². The quantitative estimate of drug-likeness (QED) is 0.909. The third-order valence-corrected chi connectivity index (χ3v) is 4.01. The molecule has 0 radical (unpaired) electrons. The molecule has 0 aliphatic carbocycles. The lowest BCUT2D eigenvalue weighted by molar-refractivity contribution is 0.0934. The van der Waals surface area contributed by atoms with E-state index in [1.807, 2.05) is 12.1 Å². The van der Waals surface area contributed by atoms with Crippen LogP contribution in [0.15, 0.2) is 42.5 Å². The number of carbonyl (C=O) groups is 1. The first-order chi connectivity index (χ1) is 11.2. The number of nitrogens with one attached hydrogen (secondary N) is 2. The zero-order chi connectivity index (χ0) is 16.2. The Morgan fingerprint density at radius 1 is 1.13 bits per heavy atom. The molecule has 0 aromatic heterocycles. The molecule has 0 saturated carbocycles. The minimum atomic E-state index is -0.147. The minimum absolute atomic E-state index is 0.0513. The van der Waals surface area contributed by atoms with E-state index in [0.29, 0.717) is 23.6 Å². The van der Waals surface area contributed by atoms with E-state index in [9.17, 15) is 4.79 Å². The molecule has 0 spiro atoms. The van der Waals surface area contributed by atoms with Crippen LogP contribution in [0.3, 0.4) is 0 Å². The summed E-state index contributed by atoms with van der Waals surface area (Å²) < 4.78 is 10.4. The molecule has 1 unspecified atom stereocenters. The maximum absolute atomic E-state index is 12.6. The third-order valence-electron chi connectivity index (χ3n) is 4.01. The van der Waals surface area contributed by atoms with Crippen molar-refractivity contribution in [2.45, 2.75) is 12.6 Å². The lowest BCUT2D eigenvalue weighted by Gasteiger charge is -2.27. The lowest BCUT2D eigenvalue weighted by Crippen LogP contribution is -2.39. The molecule has 2 aromatic rings. The van der Waals surface area contributed by atoms with Crippen molar-refractivity contribution < 1.29 is 14.3 Å². The van der Waals surface area contributed by atoms with Crippen LogP contribution in [-0.2, 0) is 6.54 Å². The summed E-state index contributed by atoms with van der Waals surface area (Å²) in [6.45, 7) is 1.54. The fourth-order valence-corrected chi connectivity index (χ4v) is 2.81. The van der Waals surface area contributed by atoms with Crippen molar-refractivity contribution in [1.29, 1.82) is 0 Å². The summed E-state index contributed by atoms with van der Waals surface area (Å²) >= 11 is 0. The van der Waals surface area contributed by atoms with Crippen LogP contribution in [0, 0.1) is 0 Å². The number of rotatable bonds is 4. The molecular weight excluding hydrogens is 292 g/mol. The molecule has 23 heavy (non-hydrogen) atoms. The third kappa shape index (κ3) is 3.29. The maximum atomic E-state index is 12.6. The molecular formula is C18H20N2O3. The molecule has 120 valence electrons. The highest BCUT2D eigenvalue weighted by Crippen LogP contribution is 2.25. The fourth-order valence-electron chi connectivity index (χ4n) is 2.81. The van der Waals surface area contributed by atoms with Crippen LogP contribution in [0.2, 0.25) is 0 Å². The Bertz CT molecular complexity index is 693. The Labute approximate surface area is 135 Å². The Morgan fingerprint density at radius 3 is 2.52 bits per heavy atom. The van der Waals surface area contributed by atoms with E-state index in [2.05, 4.69) is 22.8 Å². The van der Waals surface area contributed by atoms with Gasteiger partial charge in [0.15, 0.2) is 0 Å². The molecule has 3 rings (SSSR count). The molecule has 1 aliphatic heterocycles. The van der Waals surface area contributed by atoms with Crippen LogP contribution in [0.4, 0.5) is 0 Å². The monoisotopic (exact) mass is 312 g/mol. The van der Waals surface area contributed by atoms with Gasteiger partial charge in [-0.25, -0.2) is 0 Å². The van der Waals surface area contributed by atoms with Gasteiger partial charge in [-0.2, -0.15) is 0 Å². The second-order valence-electron chi connectivity index (χ2n) is 5.46. The number of ether oxygens (including phenoxy) is 2. The van der Waals surface area contributed by atoms with Crippen molar-refractivity contribution in [3.05, 3.63) is 59.2 Å². The summed E-state index contributed by atoms with van der Waals surface area (Å²) in [6.07, 6.45) is 0. The van der Waals surface area contributed by atoms with E-state index in [4.69, 9.17) is 9.47 Å². The molecule has 1 atom stereocenters. The standard InChI is InChI=1S/C18H20N2O3/c1-22-14-7-13(8-15(9-14)23-2)18(21)20-17-11-19-10-12-5-3-4-6-16(12)17/h3-9,17,19H,10-11H2,1-2H3,(H,20,21). The van der Waals surface area contributed by atoms with Crippen molar-refractivity contribution >= 4 is 5.91 Å². The summed E-state index contributed by atoms with van der Waals surface area (Å²) in [7, 11) is 3.13. The topological polar surface area (TPSA) is 59.6 Å². The Kier molecular flexibility index (Phi) is 4.48. The predicted molar refractivity (Wildman–Crippen MR) is 87.9 cm³/mol. The number of benzene rings is 2. The first kappa shape index (κ1) is 15.4. The van der Waals surface area contributed by atoms with Crippen LogP contribution in [0.5, 0.6) is 11.5 Å². The van der Waals surface area contributed by atoms with Gasteiger partial charge < -0.3 is 20.1 Å². The number of fused-ring (bicyclic) bond motifs is 1. The van der Waals surface area contributed by atoms with E-state index in [-0.39, 0.29) is 11.9 Å². The molecule has 1 amide bonds. The number of amides is 1. The molecule has 0 fully saturated rings. The van der Waals surface area contributed by atoms with Crippen molar-refractivity contribution in [3.8, 4) is 11.5 Å². The van der Waals surface area contributed by atoms with E-state index >= 15 is 0 Å². The first-order valence-corrected chi connectivity index (χ1v) is 7.53. The van der Waals surface area contributed by atoms with Crippen LogP contribution < -0.4 is 20.1 Å². The molecule has 0 bridgehead atoms. The van der Waals surface area contributed by atoms with Crippen molar-refractivity contribution in [2.24, 2.45) is 0 Å². The van der Waals surface area contributed by atoms with Gasteiger partial charge in [0.25, 0.3) is 5.91 Å². The lowest BCUT2D eigenvalue weighted by atomic mass is 9.96. The van der Waals surface area contributed by atoms with Gasteiger partial charge in [0, 0.05) is 24.7 Å². The number of hydrogen-bond donors (Lipinski definition) is 2. The Hall–Kier alpha value is -2.53. The van der Waals surface area contributed by atoms with Gasteiger partial charge in [-0.3, -0.25) is 4.79 Å². The van der Waals surface area contributed by atoms with Crippen molar-refractivity contribution in [3.63, 3.8) is 0 Å². The molecule has 5 heteroatoms. The van der Waals surface area contributed by atoms with Gasteiger partial charge in [-0.1, -0.05) is 24.3 Å². The average molecular weight is 312 g/mol. The smallest absolute Gasteiger partial charge is 0.252 e. The summed E-state index contributed by atoms with van der Waals surface area (Å²) in [5, 5.41) is 6.41. The number of hydrogen-bond acceptors (Lipinski definition) is 4. The van der Waals surface area contributed by atoms with Gasteiger partial charge in [0.05, 0.1) is 20.3 Å². The SMILES string of the molecule is COc1cc(OC)cc(C(=O)NC2CNCc3ccccc32)c1. The highest BCUT2D eigenvalue weighted by Gasteiger charge is 2.22. The first-order valence-electron chi connectivity index (χ1n) is 7.53. The number of carbonyl (C=O) groups excluding carboxylic acids is 1. The summed E-state index contributed by atoms with van der Waals surface area (Å²) in [4.78, 5) is 12.6. The summed E-state index contributed by atoms with van der Waals surface area (Å²) in [6, 6.07) is 13.3. The zero-order valence-electron chi connectivity index (χ0n) is 13.3. The summed E-state index contributed by atoms with van der Waals surface area (Å²) in [5.41, 5.74) is 2.89. The maximum Gasteiger partial charge on any atom is 0.252 e. The predicted octanol–water partition coefficient (Wildman–Crippen LogP) is 2.28. The van der Waals surface area contributed by atoms with Crippen LogP contribution in [0.25, 0.3) is 0 Å². The number of methoxy groups -OCH3 is 2. The zero-order valence-corrected chi connectivity index (χ0v) is 13.3. The van der Waals surface area contributed by atoms with Crippen LogP contribution >= 0.6 is 0 Å². The molecule has 1 heterocycles. The molecule has 0 saturated heterocycles. The Balaban J connectivity index is 1.83. The van der Waals surface area contributed by atoms with E-state index in [1.54, 1.807) is 32.4 Å². The highest BCUT2D eigenvalue weighted by atomic mass is 16.5.